The Kier molecular flexibility index (Phi) is 5.78. The molecular formula is C25H19N3O2S. The number of para-hydroxylation sites is 1. The van der Waals surface area contributed by atoms with Gasteiger partial charge in [0.15, 0.2) is 0 Å². The fourth-order valence-corrected chi connectivity index (χ4v) is 3.82. The van der Waals surface area contributed by atoms with Gasteiger partial charge in [0.05, 0.1) is 27.5 Å². The fourth-order valence-electron chi connectivity index (χ4n) is 3.25. The number of amides is 1. The van der Waals surface area contributed by atoms with E-state index in [0.717, 1.165) is 16.1 Å². The summed E-state index contributed by atoms with van der Waals surface area (Å²) in [5.41, 5.74) is 3.55. The summed E-state index contributed by atoms with van der Waals surface area (Å²) < 4.78 is 1.68. The lowest BCUT2D eigenvalue weighted by molar-refractivity contribution is -0.112. The lowest BCUT2D eigenvalue weighted by Crippen LogP contribution is -2.24. The number of ketones is 1. The minimum Gasteiger partial charge on any atom is -0.319 e. The molecule has 0 unspecified atom stereocenters. The number of carbonyl (C=O) groups excluding carboxylic acids is 2. The van der Waals surface area contributed by atoms with Crippen LogP contribution >= 0.6 is 11.3 Å². The van der Waals surface area contributed by atoms with Gasteiger partial charge in [-0.15, -0.1) is 11.3 Å². The molecule has 0 saturated carbocycles. The predicted octanol–water partition coefficient (Wildman–Crippen LogP) is 4.77. The first kappa shape index (κ1) is 20.3. The van der Waals surface area contributed by atoms with Crippen molar-refractivity contribution in [3.8, 4) is 17.5 Å². The van der Waals surface area contributed by atoms with Crippen molar-refractivity contribution in [2.24, 2.45) is 0 Å². The number of carbonyl (C=O) groups is 2. The highest BCUT2D eigenvalue weighted by atomic mass is 32.1. The quantitative estimate of drug-likeness (QED) is 0.291. The summed E-state index contributed by atoms with van der Waals surface area (Å²) in [4.78, 5) is 26.6. The van der Waals surface area contributed by atoms with Gasteiger partial charge in [0.1, 0.15) is 0 Å². The van der Waals surface area contributed by atoms with Gasteiger partial charge in [-0.1, -0.05) is 42.2 Å². The van der Waals surface area contributed by atoms with Crippen LogP contribution in [0.1, 0.15) is 32.2 Å². The first-order valence-electron chi connectivity index (χ1n) is 9.66. The predicted molar refractivity (Wildman–Crippen MR) is 123 cm³/mol. The fraction of sp³-hybridized carbons (Fsp3) is 0.0800. The molecular weight excluding hydrogens is 406 g/mol. The third-order valence-electron chi connectivity index (χ3n) is 4.70. The average molecular weight is 426 g/mol. The minimum absolute atomic E-state index is 0.315. The molecule has 2 aromatic heterocycles. The van der Waals surface area contributed by atoms with Crippen LogP contribution in [0.4, 0.5) is 5.69 Å². The number of aromatic nitrogens is 2. The van der Waals surface area contributed by atoms with Gasteiger partial charge in [0.2, 0.25) is 0 Å². The highest BCUT2D eigenvalue weighted by molar-refractivity contribution is 7.10. The van der Waals surface area contributed by atoms with E-state index < -0.39 is 11.7 Å². The van der Waals surface area contributed by atoms with E-state index in [0.29, 0.717) is 22.6 Å². The molecule has 1 amide bonds. The Hall–Kier alpha value is -3.95. The summed E-state index contributed by atoms with van der Waals surface area (Å²) >= 11 is 1.57. The van der Waals surface area contributed by atoms with Crippen LogP contribution in [0.25, 0.3) is 5.69 Å². The zero-order valence-electron chi connectivity index (χ0n) is 17.0. The molecule has 4 aromatic rings. The second-order valence-corrected chi connectivity index (χ2v) is 7.83. The lowest BCUT2D eigenvalue weighted by atomic mass is 10.1. The van der Waals surface area contributed by atoms with Crippen molar-refractivity contribution in [2.75, 3.05) is 5.32 Å². The Morgan fingerprint density at radius 2 is 1.77 bits per heavy atom. The van der Waals surface area contributed by atoms with Crippen molar-refractivity contribution in [1.29, 1.82) is 0 Å². The third-order valence-corrected chi connectivity index (χ3v) is 5.48. The molecule has 0 radical (unpaired) electrons. The van der Waals surface area contributed by atoms with E-state index in [-0.39, 0.29) is 0 Å². The third kappa shape index (κ3) is 4.47. The minimum atomic E-state index is -0.706. The van der Waals surface area contributed by atoms with Gasteiger partial charge in [-0.05, 0) is 55.6 Å². The summed E-state index contributed by atoms with van der Waals surface area (Å²) in [6, 6.07) is 20.5. The summed E-state index contributed by atoms with van der Waals surface area (Å²) in [5.74, 6) is 4.83. The van der Waals surface area contributed by atoms with Crippen LogP contribution in [0.3, 0.4) is 0 Å². The summed E-state index contributed by atoms with van der Waals surface area (Å²) in [7, 11) is 0. The number of anilines is 1. The molecule has 4 rings (SSSR count). The Morgan fingerprint density at radius 1 is 0.968 bits per heavy atom. The van der Waals surface area contributed by atoms with E-state index in [1.54, 1.807) is 48.1 Å². The second kappa shape index (κ2) is 8.82. The zero-order chi connectivity index (χ0) is 21.8. The number of thiophene rings is 1. The molecule has 152 valence electrons. The maximum atomic E-state index is 12.9. The number of benzene rings is 2. The summed E-state index contributed by atoms with van der Waals surface area (Å²) in [6.45, 7) is 3.52. The molecule has 0 fully saturated rings. The molecule has 6 heteroatoms. The van der Waals surface area contributed by atoms with Gasteiger partial charge in [0.25, 0.3) is 11.7 Å². The highest BCUT2D eigenvalue weighted by Gasteiger charge is 2.25. The van der Waals surface area contributed by atoms with Crippen molar-refractivity contribution < 1.29 is 9.59 Å². The van der Waals surface area contributed by atoms with E-state index in [1.165, 1.54) is 0 Å². The number of rotatable bonds is 4. The average Bonchev–Trinajstić information content (AvgIpc) is 3.40. The molecule has 1 N–H and O–H groups in total. The molecule has 2 aromatic carbocycles. The van der Waals surface area contributed by atoms with E-state index in [4.69, 9.17) is 0 Å². The van der Waals surface area contributed by atoms with E-state index >= 15 is 0 Å². The monoisotopic (exact) mass is 425 g/mol. The van der Waals surface area contributed by atoms with Crippen LogP contribution in [0.15, 0.2) is 72.1 Å². The number of hydrogen-bond donors (Lipinski definition) is 1. The van der Waals surface area contributed by atoms with Gasteiger partial charge >= 0.3 is 0 Å². The molecule has 2 heterocycles. The lowest BCUT2D eigenvalue weighted by Gasteiger charge is -2.06. The molecule has 0 aliphatic carbocycles. The molecule has 0 atom stereocenters. The van der Waals surface area contributed by atoms with Gasteiger partial charge in [0, 0.05) is 11.3 Å². The summed E-state index contributed by atoms with van der Waals surface area (Å²) in [5, 5.41) is 9.11. The molecule has 5 nitrogen and oxygen atoms in total. The number of nitrogens with one attached hydrogen (secondary N) is 1. The van der Waals surface area contributed by atoms with Gasteiger partial charge in [-0.25, -0.2) is 4.68 Å². The van der Waals surface area contributed by atoms with Crippen molar-refractivity contribution in [3.05, 3.63) is 99.5 Å². The van der Waals surface area contributed by atoms with Gasteiger partial charge in [-0.2, -0.15) is 5.10 Å². The number of Topliss-reactive ketones (excluding diaryl/α,β-unsaturated/α-hetero) is 1. The number of hydrogen-bond acceptors (Lipinski definition) is 4. The van der Waals surface area contributed by atoms with E-state index in [9.17, 15) is 9.59 Å². The van der Waals surface area contributed by atoms with E-state index in [2.05, 4.69) is 22.3 Å². The first-order valence-corrected chi connectivity index (χ1v) is 10.5. The number of aryl methyl sites for hydroxylation is 1. The molecule has 31 heavy (non-hydrogen) atoms. The molecule has 0 aliphatic heterocycles. The smallest absolute Gasteiger partial charge is 0.296 e. The van der Waals surface area contributed by atoms with E-state index in [1.807, 2.05) is 53.9 Å². The van der Waals surface area contributed by atoms with Crippen LogP contribution < -0.4 is 5.32 Å². The standard InChI is InChI=1S/C25H19N3O2S/c1-17-23(18(2)28(27-17)21-10-4-3-5-11-21)24(29)25(30)26-20-9-6-8-19(16-20)13-14-22-12-7-15-31-22/h3-12,15-16H,1-2H3,(H,26,30). The first-order chi connectivity index (χ1) is 15.0. The van der Waals surface area contributed by atoms with Crippen molar-refractivity contribution in [1.82, 2.24) is 9.78 Å². The van der Waals surface area contributed by atoms with Gasteiger partial charge in [-0.3, -0.25) is 9.59 Å². The highest BCUT2D eigenvalue weighted by Crippen LogP contribution is 2.19. The summed E-state index contributed by atoms with van der Waals surface area (Å²) in [6.07, 6.45) is 0. The topological polar surface area (TPSA) is 64.0 Å². The molecule has 0 spiro atoms. The molecule has 0 bridgehead atoms. The largest absolute Gasteiger partial charge is 0.319 e. The Labute approximate surface area is 184 Å². The maximum absolute atomic E-state index is 12.9. The van der Waals surface area contributed by atoms with Crippen molar-refractivity contribution in [3.63, 3.8) is 0 Å². The Bertz CT molecular complexity index is 1310. The van der Waals surface area contributed by atoms with Gasteiger partial charge < -0.3 is 5.32 Å². The van der Waals surface area contributed by atoms with Crippen LogP contribution in [0.2, 0.25) is 0 Å². The molecule has 0 saturated heterocycles. The Balaban J connectivity index is 1.54. The van der Waals surface area contributed by atoms with Crippen LogP contribution in [0, 0.1) is 25.7 Å². The van der Waals surface area contributed by atoms with Crippen LogP contribution in [-0.4, -0.2) is 21.5 Å². The SMILES string of the molecule is Cc1nn(-c2ccccc2)c(C)c1C(=O)C(=O)Nc1cccc(C#Cc2cccs2)c1. The van der Waals surface area contributed by atoms with Crippen molar-refractivity contribution in [2.45, 2.75) is 13.8 Å². The maximum Gasteiger partial charge on any atom is 0.296 e. The Morgan fingerprint density at radius 3 is 2.52 bits per heavy atom. The van der Waals surface area contributed by atoms with Crippen LogP contribution in [-0.2, 0) is 4.79 Å². The van der Waals surface area contributed by atoms with Crippen molar-refractivity contribution >= 4 is 28.7 Å². The number of nitrogens with zero attached hydrogens (tertiary/aromatic N) is 2. The zero-order valence-corrected chi connectivity index (χ0v) is 17.9. The normalized spacial score (nSPS) is 10.3. The second-order valence-electron chi connectivity index (χ2n) is 6.88. The molecule has 0 aliphatic rings. The van der Waals surface area contributed by atoms with Crippen LogP contribution in [0.5, 0.6) is 0 Å².